The van der Waals surface area contributed by atoms with Crippen molar-refractivity contribution in [2.24, 2.45) is 0 Å². The standard InChI is InChI=1S/C20H16BrClN2O2/c21-14-7-5-13(6-8-14)18-12-24(9-10-26-18)20(25)16-11-19(22)23-17-4-2-1-3-15(16)17/h1-8,11,18H,9-10,12H2. The zero-order valence-corrected chi connectivity index (χ0v) is 16.2. The summed E-state index contributed by atoms with van der Waals surface area (Å²) < 4.78 is 6.90. The number of amides is 1. The molecule has 1 unspecified atom stereocenters. The first kappa shape index (κ1) is 17.5. The first-order chi connectivity index (χ1) is 12.6. The van der Waals surface area contributed by atoms with Crippen molar-refractivity contribution >= 4 is 44.3 Å². The third-order valence-electron chi connectivity index (χ3n) is 4.51. The van der Waals surface area contributed by atoms with Crippen LogP contribution in [-0.4, -0.2) is 35.5 Å². The van der Waals surface area contributed by atoms with E-state index in [4.69, 9.17) is 16.3 Å². The van der Waals surface area contributed by atoms with E-state index in [1.54, 1.807) is 6.07 Å². The summed E-state index contributed by atoms with van der Waals surface area (Å²) in [7, 11) is 0. The van der Waals surface area contributed by atoms with Crippen molar-refractivity contribution in [3.63, 3.8) is 0 Å². The van der Waals surface area contributed by atoms with Gasteiger partial charge in [0.1, 0.15) is 11.3 Å². The van der Waals surface area contributed by atoms with E-state index in [0.29, 0.717) is 30.4 Å². The molecule has 1 fully saturated rings. The molecule has 1 aliphatic heterocycles. The van der Waals surface area contributed by atoms with Gasteiger partial charge in [-0.1, -0.05) is 57.9 Å². The Morgan fingerprint density at radius 2 is 1.96 bits per heavy atom. The van der Waals surface area contributed by atoms with Crippen LogP contribution in [0.1, 0.15) is 22.0 Å². The molecule has 26 heavy (non-hydrogen) atoms. The molecular formula is C20H16BrClN2O2. The lowest BCUT2D eigenvalue weighted by atomic mass is 10.1. The van der Waals surface area contributed by atoms with E-state index >= 15 is 0 Å². The molecule has 0 bridgehead atoms. The average molecular weight is 432 g/mol. The summed E-state index contributed by atoms with van der Waals surface area (Å²) in [6.07, 6.45) is -0.135. The lowest BCUT2D eigenvalue weighted by molar-refractivity contribution is -0.0227. The number of rotatable bonds is 2. The summed E-state index contributed by atoms with van der Waals surface area (Å²) >= 11 is 9.58. The summed E-state index contributed by atoms with van der Waals surface area (Å²) in [5, 5.41) is 1.14. The number of fused-ring (bicyclic) bond motifs is 1. The zero-order chi connectivity index (χ0) is 18.1. The minimum absolute atomic E-state index is 0.0455. The second kappa shape index (κ2) is 7.35. The molecule has 0 aliphatic carbocycles. The topological polar surface area (TPSA) is 42.4 Å². The van der Waals surface area contributed by atoms with Crippen LogP contribution in [0.25, 0.3) is 10.9 Å². The van der Waals surface area contributed by atoms with Crippen LogP contribution < -0.4 is 0 Å². The predicted molar refractivity (Wildman–Crippen MR) is 105 cm³/mol. The molecule has 0 saturated carbocycles. The van der Waals surface area contributed by atoms with Crippen molar-refractivity contribution in [1.82, 2.24) is 9.88 Å². The monoisotopic (exact) mass is 430 g/mol. The maximum atomic E-state index is 13.2. The number of carbonyl (C=O) groups excluding carboxylic acids is 1. The van der Waals surface area contributed by atoms with Gasteiger partial charge in [-0.15, -0.1) is 0 Å². The second-order valence-corrected chi connectivity index (χ2v) is 7.47. The van der Waals surface area contributed by atoms with Gasteiger partial charge in [0.05, 0.1) is 24.2 Å². The normalized spacial score (nSPS) is 17.5. The molecule has 6 heteroatoms. The van der Waals surface area contributed by atoms with E-state index in [1.807, 2.05) is 53.4 Å². The number of hydrogen-bond donors (Lipinski definition) is 0. The number of carbonyl (C=O) groups is 1. The van der Waals surface area contributed by atoms with Gasteiger partial charge in [0.25, 0.3) is 5.91 Å². The lowest BCUT2D eigenvalue weighted by Gasteiger charge is -2.33. The fourth-order valence-corrected chi connectivity index (χ4v) is 3.67. The van der Waals surface area contributed by atoms with E-state index in [2.05, 4.69) is 20.9 Å². The number of hydrogen-bond acceptors (Lipinski definition) is 3. The molecule has 1 aromatic heterocycles. The lowest BCUT2D eigenvalue weighted by Crippen LogP contribution is -2.42. The van der Waals surface area contributed by atoms with Crippen molar-refractivity contribution in [3.8, 4) is 0 Å². The Kier molecular flexibility index (Phi) is 4.94. The molecule has 0 spiro atoms. The van der Waals surface area contributed by atoms with Crippen LogP contribution in [0, 0.1) is 0 Å². The maximum Gasteiger partial charge on any atom is 0.254 e. The molecule has 3 aromatic rings. The number of aromatic nitrogens is 1. The van der Waals surface area contributed by atoms with Crippen LogP contribution in [0.15, 0.2) is 59.1 Å². The Morgan fingerprint density at radius 3 is 2.77 bits per heavy atom. The molecule has 4 nitrogen and oxygen atoms in total. The summed E-state index contributed by atoms with van der Waals surface area (Å²) in [6.45, 7) is 1.57. The number of morpholine rings is 1. The summed E-state index contributed by atoms with van der Waals surface area (Å²) in [5.41, 5.74) is 2.36. The van der Waals surface area contributed by atoms with Crippen molar-refractivity contribution < 1.29 is 9.53 Å². The van der Waals surface area contributed by atoms with Gasteiger partial charge in [-0.3, -0.25) is 4.79 Å². The second-order valence-electron chi connectivity index (χ2n) is 6.17. The largest absolute Gasteiger partial charge is 0.370 e. The van der Waals surface area contributed by atoms with Crippen LogP contribution in [0.2, 0.25) is 5.15 Å². The minimum atomic E-state index is -0.135. The number of para-hydroxylation sites is 1. The predicted octanol–water partition coefficient (Wildman–Crippen LogP) is 4.86. The average Bonchev–Trinajstić information content (AvgIpc) is 2.67. The highest BCUT2D eigenvalue weighted by molar-refractivity contribution is 9.10. The number of pyridine rings is 1. The van der Waals surface area contributed by atoms with Crippen molar-refractivity contribution in [1.29, 1.82) is 0 Å². The van der Waals surface area contributed by atoms with Crippen LogP contribution in [-0.2, 0) is 4.74 Å². The van der Waals surface area contributed by atoms with Gasteiger partial charge in [-0.05, 0) is 29.8 Å². The van der Waals surface area contributed by atoms with E-state index in [1.165, 1.54) is 0 Å². The number of halogens is 2. The van der Waals surface area contributed by atoms with Crippen molar-refractivity contribution in [2.45, 2.75) is 6.10 Å². The fraction of sp³-hybridized carbons (Fsp3) is 0.200. The van der Waals surface area contributed by atoms with Gasteiger partial charge in [0.15, 0.2) is 0 Å². The van der Waals surface area contributed by atoms with Crippen molar-refractivity contribution in [2.75, 3.05) is 19.7 Å². The van der Waals surface area contributed by atoms with Crippen molar-refractivity contribution in [3.05, 3.63) is 75.4 Å². The third kappa shape index (κ3) is 3.47. The van der Waals surface area contributed by atoms with Crippen LogP contribution >= 0.6 is 27.5 Å². The molecule has 0 radical (unpaired) electrons. The first-order valence-electron chi connectivity index (χ1n) is 8.33. The SMILES string of the molecule is O=C(c1cc(Cl)nc2ccccc12)N1CCOC(c2ccc(Br)cc2)C1. The Morgan fingerprint density at radius 1 is 1.19 bits per heavy atom. The van der Waals surface area contributed by atoms with E-state index in [9.17, 15) is 4.79 Å². The molecule has 2 heterocycles. The van der Waals surface area contributed by atoms with E-state index in [0.717, 1.165) is 20.9 Å². The molecule has 1 amide bonds. The van der Waals surface area contributed by atoms with Gasteiger partial charge in [-0.2, -0.15) is 0 Å². The highest BCUT2D eigenvalue weighted by atomic mass is 79.9. The summed E-state index contributed by atoms with van der Waals surface area (Å²) in [5.74, 6) is -0.0455. The molecule has 2 aromatic carbocycles. The Balaban J connectivity index is 1.63. The van der Waals surface area contributed by atoms with Crippen LogP contribution in [0.5, 0.6) is 0 Å². The van der Waals surface area contributed by atoms with Gasteiger partial charge >= 0.3 is 0 Å². The fourth-order valence-electron chi connectivity index (χ4n) is 3.20. The van der Waals surface area contributed by atoms with E-state index in [-0.39, 0.29) is 12.0 Å². The van der Waals surface area contributed by atoms with Gasteiger partial charge in [0, 0.05) is 16.4 Å². The smallest absolute Gasteiger partial charge is 0.254 e. The van der Waals surface area contributed by atoms with Crippen LogP contribution in [0.3, 0.4) is 0 Å². The molecule has 0 N–H and O–H groups in total. The molecule has 132 valence electrons. The number of benzene rings is 2. The molecule has 1 atom stereocenters. The third-order valence-corrected chi connectivity index (χ3v) is 5.23. The van der Waals surface area contributed by atoms with Gasteiger partial charge in [-0.25, -0.2) is 4.98 Å². The van der Waals surface area contributed by atoms with Crippen LogP contribution in [0.4, 0.5) is 0 Å². The van der Waals surface area contributed by atoms with Gasteiger partial charge in [0.2, 0.25) is 0 Å². The number of nitrogens with zero attached hydrogens (tertiary/aromatic N) is 2. The highest BCUT2D eigenvalue weighted by Gasteiger charge is 2.27. The van der Waals surface area contributed by atoms with Gasteiger partial charge < -0.3 is 9.64 Å². The minimum Gasteiger partial charge on any atom is -0.370 e. The first-order valence-corrected chi connectivity index (χ1v) is 9.50. The maximum absolute atomic E-state index is 13.2. The Labute approximate surface area is 164 Å². The Bertz CT molecular complexity index is 962. The molecule has 4 rings (SSSR count). The summed E-state index contributed by atoms with van der Waals surface area (Å²) in [6, 6.07) is 17.2. The van der Waals surface area contributed by atoms with E-state index < -0.39 is 0 Å². The summed E-state index contributed by atoms with van der Waals surface area (Å²) in [4.78, 5) is 19.3. The zero-order valence-electron chi connectivity index (χ0n) is 13.9. The molecule has 1 aliphatic rings. The number of ether oxygens (including phenoxy) is 1. The quantitative estimate of drug-likeness (QED) is 0.544. The molecular weight excluding hydrogens is 416 g/mol. The highest BCUT2D eigenvalue weighted by Crippen LogP contribution is 2.27. The molecule has 1 saturated heterocycles. The Hall–Kier alpha value is -1.95.